The van der Waals surface area contributed by atoms with E-state index >= 15 is 17.6 Å². The summed E-state index contributed by atoms with van der Waals surface area (Å²) in [5, 5.41) is 9.08. The minimum Gasteiger partial charge on any atom is -0.309 e. The first-order chi connectivity index (χ1) is 29.6. The molecule has 4 aromatic heterocycles. The Balaban J connectivity index is 1.26. The molecule has 0 aliphatic rings. The fourth-order valence-electron chi connectivity index (χ4n) is 8.88. The highest BCUT2D eigenvalue weighted by Gasteiger charge is 2.36. The number of rotatable bonds is 5. The fraction of sp³-hybridized carbons (Fsp3) is 0.154. The van der Waals surface area contributed by atoms with Gasteiger partial charge in [0.25, 0.3) is 0 Å². The van der Waals surface area contributed by atoms with Crippen molar-refractivity contribution in [2.75, 3.05) is 0 Å². The number of fused-ring (bicyclic) bond motifs is 6. The molecule has 10 heteroatoms. The Labute approximate surface area is 354 Å². The molecule has 0 saturated heterocycles. The number of benzene rings is 6. The molecule has 0 fully saturated rings. The molecular weight excluding hydrogens is 790 g/mol. The molecule has 308 valence electrons. The molecule has 5 nitrogen and oxygen atoms in total. The molecule has 62 heavy (non-hydrogen) atoms. The van der Waals surface area contributed by atoms with Gasteiger partial charge in [0, 0.05) is 50.0 Å². The van der Waals surface area contributed by atoms with Crippen molar-refractivity contribution in [1.82, 2.24) is 23.9 Å². The molecule has 0 N–H and O–H groups in total. The molecule has 0 bridgehead atoms. The summed E-state index contributed by atoms with van der Waals surface area (Å²) < 4.78 is 82.4. The van der Waals surface area contributed by atoms with Gasteiger partial charge in [-0.2, -0.15) is 5.10 Å². The molecule has 10 rings (SSSR count). The van der Waals surface area contributed by atoms with Crippen molar-refractivity contribution in [2.24, 2.45) is 0 Å². The molecule has 10 aromatic rings. The number of hydrogen-bond donors (Lipinski definition) is 0. The maximum absolute atomic E-state index is 16.0. The molecule has 0 atom stereocenters. The van der Waals surface area contributed by atoms with Crippen LogP contribution < -0.4 is 0 Å². The topological polar surface area (TPSA) is 40.6 Å². The van der Waals surface area contributed by atoms with Crippen LogP contribution in [0, 0.1) is 29.1 Å². The average Bonchev–Trinajstić information content (AvgIpc) is 3.93. The average molecular weight is 830 g/mol. The van der Waals surface area contributed by atoms with Gasteiger partial charge in [-0.15, -0.1) is 0 Å². The van der Waals surface area contributed by atoms with E-state index in [4.69, 9.17) is 10.1 Å². The van der Waals surface area contributed by atoms with Crippen LogP contribution in [0.1, 0.15) is 52.8 Å². The van der Waals surface area contributed by atoms with Crippen LogP contribution in [0.4, 0.5) is 22.0 Å². The minimum absolute atomic E-state index is 0.0711. The largest absolute Gasteiger partial charge is 0.309 e. The third-order valence-electron chi connectivity index (χ3n) is 11.8. The summed E-state index contributed by atoms with van der Waals surface area (Å²) in [6.45, 7) is 12.0. The Morgan fingerprint density at radius 3 is 1.58 bits per heavy atom. The summed E-state index contributed by atoms with van der Waals surface area (Å²) in [7, 11) is 0. The van der Waals surface area contributed by atoms with E-state index in [1.807, 2.05) is 69.4 Å². The van der Waals surface area contributed by atoms with Crippen LogP contribution in [0.3, 0.4) is 0 Å². The van der Waals surface area contributed by atoms with E-state index in [2.05, 4.69) is 84.5 Å². The predicted octanol–water partition coefficient (Wildman–Crippen LogP) is 14.1. The van der Waals surface area contributed by atoms with E-state index in [0.29, 0.717) is 11.3 Å². The maximum atomic E-state index is 16.0. The molecule has 6 aromatic carbocycles. The van der Waals surface area contributed by atoms with Gasteiger partial charge >= 0.3 is 0 Å². The molecule has 0 saturated carbocycles. The Bertz CT molecular complexity index is 3410. The first-order valence-electron chi connectivity index (χ1n) is 20.4. The van der Waals surface area contributed by atoms with Gasteiger partial charge in [-0.05, 0) is 59.5 Å². The van der Waals surface area contributed by atoms with Crippen LogP contribution in [-0.4, -0.2) is 23.9 Å². The molecule has 0 aliphatic heterocycles. The molecule has 0 unspecified atom stereocenters. The second-order valence-corrected chi connectivity index (χ2v) is 17.8. The maximum Gasteiger partial charge on any atom is 0.200 e. The van der Waals surface area contributed by atoms with Gasteiger partial charge in [-0.1, -0.05) is 120 Å². The van der Waals surface area contributed by atoms with Crippen molar-refractivity contribution >= 4 is 43.6 Å². The summed E-state index contributed by atoms with van der Waals surface area (Å²) in [5.41, 5.74) is 4.85. The van der Waals surface area contributed by atoms with Gasteiger partial charge in [0.2, 0.25) is 5.82 Å². The van der Waals surface area contributed by atoms with Crippen LogP contribution in [0.25, 0.3) is 83.2 Å². The monoisotopic (exact) mass is 829 g/mol. The van der Waals surface area contributed by atoms with E-state index in [0.717, 1.165) is 60.7 Å². The molecule has 0 spiro atoms. The molecule has 4 heterocycles. The summed E-state index contributed by atoms with van der Waals surface area (Å²) in [4.78, 5) is 4.88. The van der Waals surface area contributed by atoms with Gasteiger partial charge in [0.1, 0.15) is 11.5 Å². The summed E-state index contributed by atoms with van der Waals surface area (Å²) in [6, 6.07) is 41.4. The molecule has 0 amide bonds. The lowest BCUT2D eigenvalue weighted by Gasteiger charge is -2.23. The highest BCUT2D eigenvalue weighted by atomic mass is 19.2. The SMILES string of the molecule is CC(C)(C)c1ccnc(-n2c3ccccc3c3ccc(-n4c5ccccc5c5ccc(-n6nc(-c7ccccc7)c(-c7c(F)c(F)c(F)c(F)c7F)c6C(C)(C)C)cc54)cc32)c1. The third-order valence-corrected chi connectivity index (χ3v) is 11.8. The van der Waals surface area contributed by atoms with E-state index in [1.165, 1.54) is 0 Å². The summed E-state index contributed by atoms with van der Waals surface area (Å²) in [5.74, 6) is -9.31. The number of nitrogens with zero attached hydrogens (tertiary/aromatic N) is 5. The number of para-hydroxylation sites is 2. The normalized spacial score (nSPS) is 12.4. The summed E-state index contributed by atoms with van der Waals surface area (Å²) >= 11 is 0. The first kappa shape index (κ1) is 39.1. The van der Waals surface area contributed by atoms with Crippen molar-refractivity contribution in [3.8, 4) is 39.6 Å². The van der Waals surface area contributed by atoms with Gasteiger partial charge in [0.15, 0.2) is 23.3 Å². The van der Waals surface area contributed by atoms with Gasteiger partial charge in [0.05, 0.1) is 39.0 Å². The van der Waals surface area contributed by atoms with Gasteiger partial charge in [-0.3, -0.25) is 4.57 Å². The van der Waals surface area contributed by atoms with E-state index < -0.39 is 40.1 Å². The fourth-order valence-corrected chi connectivity index (χ4v) is 8.88. The molecule has 0 radical (unpaired) electrons. The van der Waals surface area contributed by atoms with Gasteiger partial charge < -0.3 is 4.57 Å². The van der Waals surface area contributed by atoms with Gasteiger partial charge in [-0.25, -0.2) is 31.6 Å². The lowest BCUT2D eigenvalue weighted by molar-refractivity contribution is 0.381. The zero-order valence-corrected chi connectivity index (χ0v) is 34.8. The lowest BCUT2D eigenvalue weighted by Crippen LogP contribution is -2.19. The Morgan fingerprint density at radius 2 is 0.968 bits per heavy atom. The third kappa shape index (κ3) is 5.95. The second-order valence-electron chi connectivity index (χ2n) is 17.8. The number of halogens is 5. The van der Waals surface area contributed by atoms with Crippen molar-refractivity contribution in [1.29, 1.82) is 0 Å². The van der Waals surface area contributed by atoms with Crippen molar-refractivity contribution in [3.63, 3.8) is 0 Å². The van der Waals surface area contributed by atoms with E-state index in [9.17, 15) is 4.39 Å². The summed E-state index contributed by atoms with van der Waals surface area (Å²) in [6.07, 6.45) is 1.86. The van der Waals surface area contributed by atoms with E-state index in [1.54, 1.807) is 35.0 Å². The number of aromatic nitrogens is 5. The zero-order chi connectivity index (χ0) is 43.4. The minimum atomic E-state index is -2.22. The Morgan fingerprint density at radius 1 is 0.452 bits per heavy atom. The van der Waals surface area contributed by atoms with Crippen molar-refractivity contribution in [2.45, 2.75) is 52.4 Å². The molecular formula is C52H40F5N5. The quantitative estimate of drug-likeness (QED) is 0.0985. The van der Waals surface area contributed by atoms with Crippen LogP contribution in [0.15, 0.2) is 134 Å². The standard InChI is InChI=1S/C52H40F5N5/c1-51(2,3)30-24-25-58-41(26-30)61-38-19-13-11-17-34(38)36-22-20-31(27-40(36)61)60-37-18-12-10-16-33(37)35-23-21-32(28-39(35)60)62-50(52(4,5)6)43(49(59-62)29-14-8-7-9-15-29)42-44(53)46(55)48(57)47(56)45(42)54/h7-28H,1-6H3. The highest BCUT2D eigenvalue weighted by molar-refractivity contribution is 6.12. The predicted molar refractivity (Wildman–Crippen MR) is 238 cm³/mol. The van der Waals surface area contributed by atoms with Crippen molar-refractivity contribution in [3.05, 3.63) is 174 Å². The first-order valence-corrected chi connectivity index (χ1v) is 20.4. The van der Waals surface area contributed by atoms with Crippen LogP contribution >= 0.6 is 0 Å². The van der Waals surface area contributed by atoms with Crippen molar-refractivity contribution < 1.29 is 22.0 Å². The van der Waals surface area contributed by atoms with Crippen LogP contribution in [0.5, 0.6) is 0 Å². The Kier molecular flexibility index (Phi) is 8.82. The van der Waals surface area contributed by atoms with E-state index in [-0.39, 0.29) is 22.4 Å². The zero-order valence-electron chi connectivity index (χ0n) is 34.8. The van der Waals surface area contributed by atoms with Crippen LogP contribution in [0.2, 0.25) is 0 Å². The number of pyridine rings is 1. The highest BCUT2D eigenvalue weighted by Crippen LogP contribution is 2.45. The second kappa shape index (κ2) is 14.0. The number of hydrogen-bond acceptors (Lipinski definition) is 2. The molecule has 0 aliphatic carbocycles. The smallest absolute Gasteiger partial charge is 0.200 e. The Hall–Kier alpha value is -7.07. The van der Waals surface area contributed by atoms with Crippen LogP contribution in [-0.2, 0) is 10.8 Å². The lowest BCUT2D eigenvalue weighted by atomic mass is 9.84.